The molecule has 3 nitrogen and oxygen atoms in total. The van der Waals surface area contributed by atoms with Crippen molar-refractivity contribution in [1.29, 1.82) is 0 Å². The molecule has 0 aliphatic rings. The van der Waals surface area contributed by atoms with Crippen LogP contribution in [0.2, 0.25) is 0 Å². The summed E-state index contributed by atoms with van der Waals surface area (Å²) >= 11 is 3.28. The Morgan fingerprint density at radius 3 is 2.53 bits per heavy atom. The fourth-order valence-corrected chi connectivity index (χ4v) is 1.99. The first kappa shape index (κ1) is 12.3. The van der Waals surface area contributed by atoms with Crippen molar-refractivity contribution >= 4 is 15.9 Å². The Labute approximate surface area is 98.4 Å². The third kappa shape index (κ3) is 3.11. The van der Waals surface area contributed by atoms with E-state index in [0.29, 0.717) is 16.6 Å². The summed E-state index contributed by atoms with van der Waals surface area (Å²) in [5.74, 6) is 0.818. The van der Waals surface area contributed by atoms with Crippen LogP contribution in [-0.2, 0) is 6.42 Å². The number of ether oxygens (including phenoxy) is 1. The highest BCUT2D eigenvalue weighted by molar-refractivity contribution is 9.10. The van der Waals surface area contributed by atoms with Crippen LogP contribution in [0.5, 0.6) is 11.5 Å². The number of methoxy groups -OCH3 is 1. The molecule has 0 amide bonds. The van der Waals surface area contributed by atoms with Gasteiger partial charge in [0.1, 0.15) is 16.0 Å². The highest BCUT2D eigenvalue weighted by atomic mass is 79.9. The molecule has 0 atom stereocenters. The number of hydrogen-bond acceptors (Lipinski definition) is 3. The number of halogens is 1. The molecule has 84 valence electrons. The molecule has 0 fully saturated rings. The monoisotopic (exact) mass is 273 g/mol. The van der Waals surface area contributed by atoms with E-state index in [9.17, 15) is 5.11 Å². The summed E-state index contributed by atoms with van der Waals surface area (Å²) in [6, 6.07) is 3.46. The van der Waals surface area contributed by atoms with Crippen molar-refractivity contribution in [2.75, 3.05) is 7.11 Å². The number of phenolic OH excluding ortho intramolecular Hbond substituents is 1. The molecule has 0 spiro atoms. The molecule has 0 unspecified atom stereocenters. The number of rotatable bonds is 3. The summed E-state index contributed by atoms with van der Waals surface area (Å²) in [6.07, 6.45) is 0.690. The first-order valence-electron chi connectivity index (χ1n) is 4.68. The molecule has 0 aliphatic carbocycles. The van der Waals surface area contributed by atoms with E-state index in [4.69, 9.17) is 10.5 Å². The summed E-state index contributed by atoms with van der Waals surface area (Å²) in [5.41, 5.74) is 6.63. The average Bonchev–Trinajstić information content (AvgIpc) is 2.10. The van der Waals surface area contributed by atoms with E-state index >= 15 is 0 Å². The van der Waals surface area contributed by atoms with Gasteiger partial charge >= 0.3 is 0 Å². The lowest BCUT2D eigenvalue weighted by molar-refractivity contribution is 0.392. The van der Waals surface area contributed by atoms with Gasteiger partial charge in [0.05, 0.1) is 7.11 Å². The van der Waals surface area contributed by atoms with E-state index in [1.807, 2.05) is 19.9 Å². The number of hydrogen-bond donors (Lipinski definition) is 2. The van der Waals surface area contributed by atoms with Gasteiger partial charge < -0.3 is 15.6 Å². The molecule has 0 bridgehead atoms. The van der Waals surface area contributed by atoms with Gasteiger partial charge in [-0.2, -0.15) is 0 Å². The largest absolute Gasteiger partial charge is 0.507 e. The van der Waals surface area contributed by atoms with Crippen molar-refractivity contribution < 1.29 is 9.84 Å². The molecule has 0 saturated heterocycles. The van der Waals surface area contributed by atoms with Crippen molar-refractivity contribution in [3.05, 3.63) is 22.2 Å². The van der Waals surface area contributed by atoms with Crippen molar-refractivity contribution in [3.63, 3.8) is 0 Å². The van der Waals surface area contributed by atoms with E-state index in [1.165, 1.54) is 0 Å². The third-order valence-corrected chi connectivity index (χ3v) is 2.77. The second kappa shape index (κ2) is 4.41. The summed E-state index contributed by atoms with van der Waals surface area (Å²) in [6.45, 7) is 3.90. The number of aromatic hydroxyl groups is 1. The average molecular weight is 274 g/mol. The highest BCUT2D eigenvalue weighted by Gasteiger charge is 2.18. The molecule has 0 radical (unpaired) electrons. The van der Waals surface area contributed by atoms with Crippen molar-refractivity contribution in [2.45, 2.75) is 25.8 Å². The Bertz CT molecular complexity index is 358. The van der Waals surface area contributed by atoms with Crippen LogP contribution < -0.4 is 10.5 Å². The summed E-state index contributed by atoms with van der Waals surface area (Å²) in [7, 11) is 1.58. The number of nitrogens with two attached hydrogens (primary N) is 1. The van der Waals surface area contributed by atoms with E-state index in [-0.39, 0.29) is 11.3 Å². The van der Waals surface area contributed by atoms with Gasteiger partial charge in [0.2, 0.25) is 0 Å². The van der Waals surface area contributed by atoms with Gasteiger partial charge in [-0.05, 0) is 47.8 Å². The van der Waals surface area contributed by atoms with Crippen LogP contribution in [0.3, 0.4) is 0 Å². The molecule has 0 heterocycles. The molecule has 15 heavy (non-hydrogen) atoms. The van der Waals surface area contributed by atoms with Gasteiger partial charge in [-0.15, -0.1) is 0 Å². The van der Waals surface area contributed by atoms with Crippen LogP contribution in [-0.4, -0.2) is 17.8 Å². The minimum absolute atomic E-state index is 0.172. The summed E-state index contributed by atoms with van der Waals surface area (Å²) in [5, 5.41) is 9.50. The fourth-order valence-electron chi connectivity index (χ4n) is 1.44. The minimum Gasteiger partial charge on any atom is -0.507 e. The van der Waals surface area contributed by atoms with Gasteiger partial charge in [-0.1, -0.05) is 6.07 Å². The van der Waals surface area contributed by atoms with Crippen LogP contribution in [0, 0.1) is 0 Å². The molecular formula is C11H16BrNO2. The maximum atomic E-state index is 9.50. The maximum Gasteiger partial charge on any atom is 0.140 e. The minimum atomic E-state index is -0.302. The molecule has 4 heteroatoms. The Kier molecular flexibility index (Phi) is 3.62. The second-order valence-electron chi connectivity index (χ2n) is 4.26. The number of benzene rings is 1. The van der Waals surface area contributed by atoms with E-state index in [1.54, 1.807) is 13.2 Å². The first-order chi connectivity index (χ1) is 6.85. The lowest BCUT2D eigenvalue weighted by Gasteiger charge is -2.20. The molecule has 0 saturated carbocycles. The molecule has 3 N–H and O–H groups in total. The van der Waals surface area contributed by atoms with Crippen LogP contribution in [0.1, 0.15) is 19.4 Å². The molecule has 0 aromatic heterocycles. The molecular weight excluding hydrogens is 258 g/mol. The zero-order chi connectivity index (χ0) is 11.6. The first-order valence-corrected chi connectivity index (χ1v) is 5.47. The Morgan fingerprint density at radius 1 is 1.47 bits per heavy atom. The lowest BCUT2D eigenvalue weighted by Crippen LogP contribution is -2.34. The Hall–Kier alpha value is -0.740. The fraction of sp³-hybridized carbons (Fsp3) is 0.455. The van der Waals surface area contributed by atoms with Gasteiger partial charge in [-0.3, -0.25) is 0 Å². The van der Waals surface area contributed by atoms with Crippen molar-refractivity contribution in [3.8, 4) is 11.5 Å². The van der Waals surface area contributed by atoms with Crippen molar-refractivity contribution in [1.82, 2.24) is 0 Å². The number of phenols is 1. The second-order valence-corrected chi connectivity index (χ2v) is 5.05. The Morgan fingerprint density at radius 2 is 2.07 bits per heavy atom. The van der Waals surface area contributed by atoms with E-state index in [2.05, 4.69) is 15.9 Å². The molecule has 1 rings (SSSR count). The van der Waals surface area contributed by atoms with Gasteiger partial charge in [-0.25, -0.2) is 0 Å². The van der Waals surface area contributed by atoms with Crippen LogP contribution >= 0.6 is 15.9 Å². The lowest BCUT2D eigenvalue weighted by atomic mass is 9.95. The zero-order valence-corrected chi connectivity index (χ0v) is 10.8. The summed E-state index contributed by atoms with van der Waals surface area (Å²) < 4.78 is 5.82. The molecule has 1 aromatic carbocycles. The highest BCUT2D eigenvalue weighted by Crippen LogP contribution is 2.37. The van der Waals surface area contributed by atoms with Crippen LogP contribution in [0.15, 0.2) is 16.6 Å². The normalized spacial score (nSPS) is 11.5. The van der Waals surface area contributed by atoms with Crippen molar-refractivity contribution in [2.24, 2.45) is 5.73 Å². The SMILES string of the molecule is COc1c(CC(C)(C)N)ccc(O)c1Br. The quantitative estimate of drug-likeness (QED) is 0.890. The molecule has 1 aromatic rings. The van der Waals surface area contributed by atoms with Crippen LogP contribution in [0.4, 0.5) is 0 Å². The third-order valence-electron chi connectivity index (χ3n) is 2.01. The van der Waals surface area contributed by atoms with Gasteiger partial charge in [0.15, 0.2) is 0 Å². The predicted molar refractivity (Wildman–Crippen MR) is 64.3 cm³/mol. The van der Waals surface area contributed by atoms with E-state index < -0.39 is 0 Å². The van der Waals surface area contributed by atoms with Crippen LogP contribution in [0.25, 0.3) is 0 Å². The van der Waals surface area contributed by atoms with E-state index in [0.717, 1.165) is 5.56 Å². The van der Waals surface area contributed by atoms with Gasteiger partial charge in [0, 0.05) is 5.54 Å². The standard InChI is InChI=1S/C11H16BrNO2/c1-11(2,13)6-7-4-5-8(14)9(12)10(7)15-3/h4-5,14H,6,13H2,1-3H3. The summed E-state index contributed by atoms with van der Waals surface area (Å²) in [4.78, 5) is 0. The zero-order valence-electron chi connectivity index (χ0n) is 9.17. The Balaban J connectivity index is 3.14. The topological polar surface area (TPSA) is 55.5 Å². The predicted octanol–water partition coefficient (Wildman–Crippen LogP) is 2.44. The molecule has 0 aliphatic heterocycles. The smallest absolute Gasteiger partial charge is 0.140 e. The maximum absolute atomic E-state index is 9.50. The van der Waals surface area contributed by atoms with Gasteiger partial charge in [0.25, 0.3) is 0 Å².